The highest BCUT2D eigenvalue weighted by Gasteiger charge is 2.47. The van der Waals surface area contributed by atoms with Crippen LogP contribution in [0.15, 0.2) is 24.3 Å². The standard InChI is InChI=1S/C53H96O15/c1-3-5-7-9-11-13-15-16-17-18-19-20-21-22-23-24-26-27-29-31-33-35-44(55)63-38-41(66-45(56)36-34-32-30-28-25-14-12-10-8-6-4-2)39-64-52-51(62)49(60)47(58)43(68-52)40-65-53-50(61)48(59)46(57)42(37-54)67-53/h10,12,16-17,41-43,46-54,57-62H,3-9,11,13-15,18-40H2,1-2H3/b12-10+,17-16+/t41-,42+,43+,46-,47-,48?,49?,50?,51?,52+,53+/m0/s1. The minimum absolute atomic E-state index is 0.156. The van der Waals surface area contributed by atoms with Gasteiger partial charge in [0, 0.05) is 12.8 Å². The maximum absolute atomic E-state index is 13.0. The van der Waals surface area contributed by atoms with Gasteiger partial charge in [-0.15, -0.1) is 0 Å². The van der Waals surface area contributed by atoms with Crippen molar-refractivity contribution in [3.63, 3.8) is 0 Å². The predicted molar refractivity (Wildman–Crippen MR) is 261 cm³/mol. The summed E-state index contributed by atoms with van der Waals surface area (Å²) in [5, 5.41) is 72.1. The van der Waals surface area contributed by atoms with E-state index in [1.54, 1.807) is 0 Å². The van der Waals surface area contributed by atoms with E-state index in [2.05, 4.69) is 38.2 Å². The summed E-state index contributed by atoms with van der Waals surface area (Å²) in [5.74, 6) is -0.931. The van der Waals surface area contributed by atoms with Crippen LogP contribution in [0.1, 0.15) is 206 Å². The number of carbonyl (C=O) groups is 2. The van der Waals surface area contributed by atoms with E-state index in [4.69, 9.17) is 28.4 Å². The molecule has 0 bridgehead atoms. The Morgan fingerprint density at radius 1 is 0.456 bits per heavy atom. The molecule has 2 aliphatic rings. The summed E-state index contributed by atoms with van der Waals surface area (Å²) in [4.78, 5) is 25.7. The molecule has 68 heavy (non-hydrogen) atoms. The Morgan fingerprint density at radius 3 is 1.34 bits per heavy atom. The summed E-state index contributed by atoms with van der Waals surface area (Å²) in [5.41, 5.74) is 0. The minimum atomic E-state index is -1.76. The number of rotatable bonds is 42. The number of carbonyl (C=O) groups excluding carboxylic acids is 2. The summed E-state index contributed by atoms with van der Waals surface area (Å²) in [6.07, 6.45) is 25.0. The molecule has 15 heteroatoms. The number of aliphatic hydroxyl groups excluding tert-OH is 7. The van der Waals surface area contributed by atoms with Crippen LogP contribution in [-0.4, -0.2) is 142 Å². The molecule has 2 heterocycles. The number of unbranched alkanes of at least 4 members (excludes halogenated alkanes) is 24. The second-order valence-electron chi connectivity index (χ2n) is 19.0. The molecular formula is C53H96O15. The third-order valence-corrected chi connectivity index (χ3v) is 12.9. The largest absolute Gasteiger partial charge is 0.462 e. The molecule has 0 amide bonds. The van der Waals surface area contributed by atoms with E-state index in [-0.39, 0.29) is 26.1 Å². The van der Waals surface area contributed by atoms with Crippen LogP contribution in [0.3, 0.4) is 0 Å². The van der Waals surface area contributed by atoms with E-state index < -0.39 is 92.7 Å². The average Bonchev–Trinajstić information content (AvgIpc) is 3.33. The summed E-state index contributed by atoms with van der Waals surface area (Å²) < 4.78 is 33.6. The lowest BCUT2D eigenvalue weighted by Gasteiger charge is -2.42. The number of esters is 2. The zero-order valence-electron chi connectivity index (χ0n) is 42.1. The van der Waals surface area contributed by atoms with Crippen molar-refractivity contribution in [3.05, 3.63) is 24.3 Å². The number of hydrogen-bond donors (Lipinski definition) is 7. The van der Waals surface area contributed by atoms with Crippen LogP contribution >= 0.6 is 0 Å². The Hall–Kier alpha value is -2.02. The Balaban J connectivity index is 1.74. The van der Waals surface area contributed by atoms with E-state index >= 15 is 0 Å². The highest BCUT2D eigenvalue weighted by Crippen LogP contribution is 2.26. The lowest BCUT2D eigenvalue weighted by atomic mass is 9.98. The fourth-order valence-corrected chi connectivity index (χ4v) is 8.43. The molecular weight excluding hydrogens is 877 g/mol. The molecule has 2 fully saturated rings. The minimum Gasteiger partial charge on any atom is -0.462 e. The lowest BCUT2D eigenvalue weighted by Crippen LogP contribution is -2.61. The fourth-order valence-electron chi connectivity index (χ4n) is 8.43. The van der Waals surface area contributed by atoms with E-state index in [1.807, 2.05) is 0 Å². The molecule has 2 rings (SSSR count). The molecule has 4 unspecified atom stereocenters. The van der Waals surface area contributed by atoms with Gasteiger partial charge in [0.2, 0.25) is 0 Å². The second kappa shape index (κ2) is 40.6. The zero-order valence-corrected chi connectivity index (χ0v) is 42.1. The monoisotopic (exact) mass is 973 g/mol. The van der Waals surface area contributed by atoms with Crippen molar-refractivity contribution in [3.8, 4) is 0 Å². The van der Waals surface area contributed by atoms with E-state index in [1.165, 1.54) is 109 Å². The van der Waals surface area contributed by atoms with Crippen LogP contribution in [0.25, 0.3) is 0 Å². The topological polar surface area (TPSA) is 231 Å². The van der Waals surface area contributed by atoms with E-state index in [0.29, 0.717) is 12.8 Å². The van der Waals surface area contributed by atoms with Gasteiger partial charge in [0.05, 0.1) is 19.8 Å². The maximum atomic E-state index is 13.0. The summed E-state index contributed by atoms with van der Waals surface area (Å²) in [7, 11) is 0. The average molecular weight is 973 g/mol. The van der Waals surface area contributed by atoms with Gasteiger partial charge in [0.25, 0.3) is 0 Å². The third-order valence-electron chi connectivity index (χ3n) is 12.9. The van der Waals surface area contributed by atoms with E-state index in [0.717, 1.165) is 57.8 Å². The molecule has 15 nitrogen and oxygen atoms in total. The van der Waals surface area contributed by atoms with Crippen LogP contribution in [-0.2, 0) is 38.0 Å². The van der Waals surface area contributed by atoms with Gasteiger partial charge in [-0.1, -0.05) is 160 Å². The Labute approximate surface area is 409 Å². The Morgan fingerprint density at radius 2 is 0.853 bits per heavy atom. The summed E-state index contributed by atoms with van der Waals surface area (Å²) >= 11 is 0. The van der Waals surface area contributed by atoms with Gasteiger partial charge in [0.1, 0.15) is 55.4 Å². The van der Waals surface area contributed by atoms with Crippen LogP contribution in [0, 0.1) is 0 Å². The van der Waals surface area contributed by atoms with Gasteiger partial charge in [-0.25, -0.2) is 0 Å². The molecule has 11 atom stereocenters. The van der Waals surface area contributed by atoms with Gasteiger partial charge in [0.15, 0.2) is 18.7 Å². The first kappa shape index (κ1) is 62.1. The first-order chi connectivity index (χ1) is 33.0. The Kier molecular flexibility index (Phi) is 37.0. The lowest BCUT2D eigenvalue weighted by molar-refractivity contribution is -0.332. The molecule has 0 aromatic heterocycles. The number of allylic oxidation sites excluding steroid dienone is 4. The molecule has 0 aliphatic carbocycles. The SMILES string of the molecule is CCCC/C=C/CCCCCCCC(=O)O[C@@H](COC(=O)CCCCCCCCCCCCC/C=C/CCCCCCCC)CO[C@@H]1O[C@H](CO[C@@H]2O[C@H](CO)[C@H](O)C(O)C2O)[C@H](O)C(O)C1O. The molecule has 0 radical (unpaired) electrons. The molecule has 0 saturated carbocycles. The molecule has 2 aliphatic heterocycles. The predicted octanol–water partition coefficient (Wildman–Crippen LogP) is 7.94. The van der Waals surface area contributed by atoms with E-state index in [9.17, 15) is 45.3 Å². The quantitative estimate of drug-likeness (QED) is 0.0175. The van der Waals surface area contributed by atoms with Crippen molar-refractivity contribution in [2.24, 2.45) is 0 Å². The molecule has 0 spiro atoms. The molecule has 7 N–H and O–H groups in total. The molecule has 2 saturated heterocycles. The van der Waals surface area contributed by atoms with Gasteiger partial charge in [-0.2, -0.15) is 0 Å². The van der Waals surface area contributed by atoms with Crippen molar-refractivity contribution in [2.45, 2.75) is 274 Å². The van der Waals surface area contributed by atoms with Crippen LogP contribution < -0.4 is 0 Å². The van der Waals surface area contributed by atoms with Crippen LogP contribution in [0.2, 0.25) is 0 Å². The number of ether oxygens (including phenoxy) is 6. The first-order valence-corrected chi connectivity index (χ1v) is 26.9. The van der Waals surface area contributed by atoms with Gasteiger partial charge >= 0.3 is 11.9 Å². The van der Waals surface area contributed by atoms with Gasteiger partial charge < -0.3 is 64.2 Å². The van der Waals surface area contributed by atoms with Crippen LogP contribution in [0.4, 0.5) is 0 Å². The van der Waals surface area contributed by atoms with Crippen LogP contribution in [0.5, 0.6) is 0 Å². The van der Waals surface area contributed by atoms with Gasteiger partial charge in [-0.3, -0.25) is 9.59 Å². The van der Waals surface area contributed by atoms with Crippen molar-refractivity contribution in [1.82, 2.24) is 0 Å². The summed E-state index contributed by atoms with van der Waals surface area (Å²) in [6.45, 7) is 2.55. The Bertz CT molecular complexity index is 1280. The van der Waals surface area contributed by atoms with Gasteiger partial charge in [-0.05, 0) is 57.8 Å². The molecule has 0 aromatic rings. The molecule has 398 valence electrons. The number of aliphatic hydroxyl groups is 7. The molecule has 0 aromatic carbocycles. The smallest absolute Gasteiger partial charge is 0.306 e. The zero-order chi connectivity index (χ0) is 49.6. The highest BCUT2D eigenvalue weighted by molar-refractivity contribution is 5.70. The highest BCUT2D eigenvalue weighted by atomic mass is 16.7. The summed E-state index contributed by atoms with van der Waals surface area (Å²) in [6, 6.07) is 0. The first-order valence-electron chi connectivity index (χ1n) is 26.9. The fraction of sp³-hybridized carbons (Fsp3) is 0.887. The third kappa shape index (κ3) is 28.1. The van der Waals surface area contributed by atoms with Crippen molar-refractivity contribution < 1.29 is 73.8 Å². The second-order valence-corrected chi connectivity index (χ2v) is 19.0. The number of hydrogen-bond acceptors (Lipinski definition) is 15. The van der Waals surface area contributed by atoms with Crippen molar-refractivity contribution in [1.29, 1.82) is 0 Å². The normalized spacial score (nSPS) is 25.9. The van der Waals surface area contributed by atoms with Crippen molar-refractivity contribution >= 4 is 11.9 Å². The van der Waals surface area contributed by atoms with Crippen molar-refractivity contribution in [2.75, 3.05) is 26.4 Å². The maximum Gasteiger partial charge on any atom is 0.306 e.